The predicted octanol–water partition coefficient (Wildman–Crippen LogP) is 0.996. The standard InChI is InChI=1S/C23H29N5O6/c1-32-14-5-2-4-13(8-14)10-33-16-7-3-6-15(16)27-21-18-22(25-11-24-21)28(12-26-18)23-20(31)19(30)17(9-29)34-23/h2,4-5,8,11-12,15-17,19-20,23,29-31H,3,6-7,9-10H2,1H3,(H,24,25,27)/t15-,16-,17?,19-,20-,23?/m1/s1. The zero-order valence-corrected chi connectivity index (χ0v) is 18.8. The fourth-order valence-electron chi connectivity index (χ4n) is 4.69. The summed E-state index contributed by atoms with van der Waals surface area (Å²) in [5.74, 6) is 1.37. The molecule has 2 aliphatic rings. The monoisotopic (exact) mass is 471 g/mol. The maximum Gasteiger partial charge on any atom is 0.167 e. The van der Waals surface area contributed by atoms with Crippen molar-refractivity contribution in [3.63, 3.8) is 0 Å². The number of rotatable bonds is 8. The number of aliphatic hydroxyl groups excluding tert-OH is 3. The van der Waals surface area contributed by atoms with E-state index in [1.807, 2.05) is 24.3 Å². The summed E-state index contributed by atoms with van der Waals surface area (Å²) in [4.78, 5) is 13.1. The number of ether oxygens (including phenoxy) is 3. The zero-order valence-electron chi connectivity index (χ0n) is 18.8. The van der Waals surface area contributed by atoms with E-state index in [-0.39, 0.29) is 12.1 Å². The third-order valence-electron chi connectivity index (χ3n) is 6.52. The van der Waals surface area contributed by atoms with Gasteiger partial charge in [0.05, 0.1) is 38.8 Å². The van der Waals surface area contributed by atoms with Gasteiger partial charge in [-0.05, 0) is 37.0 Å². The lowest BCUT2D eigenvalue weighted by Gasteiger charge is -2.22. The molecule has 1 saturated heterocycles. The molecule has 4 N–H and O–H groups in total. The fraction of sp³-hybridized carbons (Fsp3) is 0.522. The van der Waals surface area contributed by atoms with E-state index in [1.54, 1.807) is 11.7 Å². The molecule has 2 aromatic heterocycles. The first-order chi connectivity index (χ1) is 16.6. The molecule has 182 valence electrons. The highest BCUT2D eigenvalue weighted by atomic mass is 16.6. The SMILES string of the molecule is COc1cccc(CO[C@@H]2CCC[C@H]2Nc2ncnc3c2ncn3C2OC(CO)[C@@H](O)[C@H]2O)c1. The Kier molecular flexibility index (Phi) is 6.61. The number of hydrogen-bond acceptors (Lipinski definition) is 10. The second-order valence-corrected chi connectivity index (χ2v) is 8.66. The van der Waals surface area contributed by atoms with Gasteiger partial charge in [0.2, 0.25) is 0 Å². The molecular weight excluding hydrogens is 442 g/mol. The highest BCUT2D eigenvalue weighted by Gasteiger charge is 2.44. The summed E-state index contributed by atoms with van der Waals surface area (Å²) >= 11 is 0. The molecule has 3 heterocycles. The normalized spacial score (nSPS) is 29.1. The Hall–Kier alpha value is -2.83. The summed E-state index contributed by atoms with van der Waals surface area (Å²) in [5, 5.41) is 33.3. The molecule has 3 aromatic rings. The molecule has 2 unspecified atom stereocenters. The van der Waals surface area contributed by atoms with Crippen LogP contribution < -0.4 is 10.1 Å². The van der Waals surface area contributed by atoms with Crippen LogP contribution in [0.1, 0.15) is 31.1 Å². The van der Waals surface area contributed by atoms with E-state index in [1.165, 1.54) is 12.7 Å². The van der Waals surface area contributed by atoms with Gasteiger partial charge in [-0.1, -0.05) is 12.1 Å². The van der Waals surface area contributed by atoms with Crippen LogP contribution in [0.25, 0.3) is 11.2 Å². The number of nitrogens with zero attached hydrogens (tertiary/aromatic N) is 4. The minimum Gasteiger partial charge on any atom is -0.497 e. The van der Waals surface area contributed by atoms with Gasteiger partial charge in [-0.3, -0.25) is 4.57 Å². The number of aliphatic hydroxyl groups is 3. The predicted molar refractivity (Wildman–Crippen MR) is 121 cm³/mol. The van der Waals surface area contributed by atoms with E-state index < -0.39 is 31.1 Å². The van der Waals surface area contributed by atoms with Crippen molar-refractivity contribution in [2.45, 2.75) is 62.6 Å². The van der Waals surface area contributed by atoms with Crippen LogP contribution in [-0.4, -0.2) is 79.0 Å². The lowest BCUT2D eigenvalue weighted by molar-refractivity contribution is -0.0511. The molecule has 0 radical (unpaired) electrons. The smallest absolute Gasteiger partial charge is 0.167 e. The minimum atomic E-state index is -1.22. The zero-order chi connectivity index (χ0) is 23.7. The topological polar surface area (TPSA) is 144 Å². The molecule has 0 spiro atoms. The Morgan fingerprint density at radius 2 is 2.06 bits per heavy atom. The molecule has 6 atom stereocenters. The molecule has 1 aliphatic heterocycles. The number of hydrogen-bond donors (Lipinski definition) is 4. The average Bonchev–Trinajstić information content (AvgIpc) is 3.56. The fourth-order valence-corrected chi connectivity index (χ4v) is 4.69. The van der Waals surface area contributed by atoms with Crippen molar-refractivity contribution in [1.82, 2.24) is 19.5 Å². The third-order valence-corrected chi connectivity index (χ3v) is 6.52. The minimum absolute atomic E-state index is 0.0127. The van der Waals surface area contributed by atoms with Crippen LogP contribution in [0.15, 0.2) is 36.9 Å². The highest BCUT2D eigenvalue weighted by molar-refractivity contribution is 5.82. The van der Waals surface area contributed by atoms with Crippen molar-refractivity contribution in [2.75, 3.05) is 19.0 Å². The van der Waals surface area contributed by atoms with Gasteiger partial charge in [0.25, 0.3) is 0 Å². The van der Waals surface area contributed by atoms with Crippen molar-refractivity contribution in [3.05, 3.63) is 42.5 Å². The second kappa shape index (κ2) is 9.80. The summed E-state index contributed by atoms with van der Waals surface area (Å²) in [6, 6.07) is 7.89. The molecular formula is C23H29N5O6. The third kappa shape index (κ3) is 4.32. The van der Waals surface area contributed by atoms with Crippen LogP contribution in [-0.2, 0) is 16.1 Å². The van der Waals surface area contributed by atoms with Gasteiger partial charge in [-0.15, -0.1) is 0 Å². The number of methoxy groups -OCH3 is 1. The van der Waals surface area contributed by atoms with Gasteiger partial charge in [0.1, 0.15) is 30.4 Å². The molecule has 11 nitrogen and oxygen atoms in total. The average molecular weight is 472 g/mol. The van der Waals surface area contributed by atoms with Gasteiger partial charge in [-0.2, -0.15) is 0 Å². The molecule has 34 heavy (non-hydrogen) atoms. The molecule has 0 amide bonds. The van der Waals surface area contributed by atoms with E-state index in [2.05, 4.69) is 20.3 Å². The van der Waals surface area contributed by atoms with E-state index >= 15 is 0 Å². The maximum absolute atomic E-state index is 10.4. The molecule has 2 fully saturated rings. The van der Waals surface area contributed by atoms with Crippen molar-refractivity contribution in [2.24, 2.45) is 0 Å². The van der Waals surface area contributed by atoms with Gasteiger partial charge in [0, 0.05) is 0 Å². The van der Waals surface area contributed by atoms with Crippen molar-refractivity contribution < 1.29 is 29.5 Å². The Morgan fingerprint density at radius 1 is 1.18 bits per heavy atom. The quantitative estimate of drug-likeness (QED) is 0.375. The van der Waals surface area contributed by atoms with Crippen LogP contribution in [0.4, 0.5) is 5.82 Å². The van der Waals surface area contributed by atoms with Crippen LogP contribution in [0.2, 0.25) is 0 Å². The second-order valence-electron chi connectivity index (χ2n) is 8.66. The Labute approximate surface area is 196 Å². The van der Waals surface area contributed by atoms with Gasteiger partial charge in [-0.25, -0.2) is 15.0 Å². The van der Waals surface area contributed by atoms with E-state index in [4.69, 9.17) is 14.2 Å². The largest absolute Gasteiger partial charge is 0.497 e. The first kappa shape index (κ1) is 22.9. The summed E-state index contributed by atoms with van der Waals surface area (Å²) in [6.45, 7) is 0.0844. The number of anilines is 1. The number of imidazole rings is 1. The molecule has 1 aromatic carbocycles. The van der Waals surface area contributed by atoms with Gasteiger partial charge < -0.3 is 34.8 Å². The van der Waals surface area contributed by atoms with Crippen molar-refractivity contribution >= 4 is 17.0 Å². The number of nitrogens with one attached hydrogen (secondary N) is 1. The summed E-state index contributed by atoms with van der Waals surface area (Å²) in [5.41, 5.74) is 2.03. The highest BCUT2D eigenvalue weighted by Crippen LogP contribution is 2.33. The van der Waals surface area contributed by atoms with E-state index in [9.17, 15) is 15.3 Å². The Balaban J connectivity index is 1.31. The lowest BCUT2D eigenvalue weighted by atomic mass is 10.1. The van der Waals surface area contributed by atoms with Gasteiger partial charge >= 0.3 is 0 Å². The summed E-state index contributed by atoms with van der Waals surface area (Å²) in [6.07, 6.45) is 1.63. The number of fused-ring (bicyclic) bond motifs is 1. The van der Waals surface area contributed by atoms with Crippen LogP contribution >= 0.6 is 0 Å². The van der Waals surface area contributed by atoms with Crippen molar-refractivity contribution in [3.8, 4) is 5.75 Å². The Bertz CT molecular complexity index is 1130. The molecule has 1 aliphatic carbocycles. The number of aromatic nitrogens is 4. The van der Waals surface area contributed by atoms with Crippen LogP contribution in [0.3, 0.4) is 0 Å². The van der Waals surface area contributed by atoms with E-state index in [0.717, 1.165) is 30.6 Å². The van der Waals surface area contributed by atoms with Gasteiger partial charge in [0.15, 0.2) is 23.2 Å². The molecule has 11 heteroatoms. The summed E-state index contributed by atoms with van der Waals surface area (Å²) in [7, 11) is 1.65. The number of benzene rings is 1. The molecule has 1 saturated carbocycles. The summed E-state index contributed by atoms with van der Waals surface area (Å²) < 4.78 is 18.7. The first-order valence-corrected chi connectivity index (χ1v) is 11.4. The van der Waals surface area contributed by atoms with Crippen molar-refractivity contribution in [1.29, 1.82) is 0 Å². The molecule has 0 bridgehead atoms. The van der Waals surface area contributed by atoms with E-state index in [0.29, 0.717) is 23.6 Å². The maximum atomic E-state index is 10.4. The molecule has 5 rings (SSSR count). The Morgan fingerprint density at radius 3 is 2.85 bits per heavy atom. The van der Waals surface area contributed by atoms with Crippen LogP contribution in [0, 0.1) is 0 Å². The van der Waals surface area contributed by atoms with Crippen LogP contribution in [0.5, 0.6) is 5.75 Å². The first-order valence-electron chi connectivity index (χ1n) is 11.4. The lowest BCUT2D eigenvalue weighted by Crippen LogP contribution is -2.33.